The third-order valence-corrected chi connectivity index (χ3v) is 8.04. The topological polar surface area (TPSA) is 123 Å². The number of hydrogen-bond donors (Lipinski definition) is 2. The molecule has 4 aliphatic rings. The average molecular weight is 589 g/mol. The van der Waals surface area contributed by atoms with Gasteiger partial charge in [-0.2, -0.15) is 0 Å². The van der Waals surface area contributed by atoms with E-state index in [0.717, 1.165) is 6.07 Å². The summed E-state index contributed by atoms with van der Waals surface area (Å²) in [6, 6.07) is 10.0. The predicted molar refractivity (Wildman–Crippen MR) is 141 cm³/mol. The fraction of sp³-hybridized carbons (Fsp3) is 0.333. The Hall–Kier alpha value is -3.83. The van der Waals surface area contributed by atoms with Crippen LogP contribution in [0.25, 0.3) is 0 Å². The van der Waals surface area contributed by atoms with E-state index in [0.29, 0.717) is 35.7 Å². The van der Waals surface area contributed by atoms with Crippen molar-refractivity contribution in [1.29, 1.82) is 0 Å². The maximum absolute atomic E-state index is 13.6. The molecule has 13 heteroatoms. The minimum absolute atomic E-state index is 0.0199. The molecule has 1 aromatic heterocycles. The number of nitrogens with zero attached hydrogens (tertiary/aromatic N) is 2. The molecular weight excluding hydrogens is 566 g/mol. The molecule has 1 aliphatic heterocycles. The average Bonchev–Trinajstić information content (AvgIpc) is 3.64. The molecule has 3 saturated carbocycles. The summed E-state index contributed by atoms with van der Waals surface area (Å²) < 4.78 is 30.0. The molecule has 3 amide bonds. The largest absolute Gasteiger partial charge is 0.484 e. The van der Waals surface area contributed by atoms with Gasteiger partial charge in [-0.05, 0) is 55.5 Å². The summed E-state index contributed by atoms with van der Waals surface area (Å²) in [6.45, 7) is -0.334. The van der Waals surface area contributed by atoms with Crippen molar-refractivity contribution in [3.8, 4) is 11.5 Å². The van der Waals surface area contributed by atoms with Crippen LogP contribution in [0.3, 0.4) is 0 Å². The Morgan fingerprint density at radius 3 is 2.70 bits per heavy atom. The molecule has 0 saturated heterocycles. The quantitative estimate of drug-likeness (QED) is 0.430. The van der Waals surface area contributed by atoms with Gasteiger partial charge in [-0.25, -0.2) is 4.39 Å². The lowest BCUT2D eigenvalue weighted by molar-refractivity contribution is -0.129. The molecule has 10 nitrogen and oxygen atoms in total. The van der Waals surface area contributed by atoms with Gasteiger partial charge in [-0.15, -0.1) is 0 Å². The minimum Gasteiger partial charge on any atom is -0.484 e. The van der Waals surface area contributed by atoms with E-state index in [1.807, 2.05) is 0 Å². The van der Waals surface area contributed by atoms with Crippen molar-refractivity contribution in [1.82, 2.24) is 15.8 Å². The molecule has 2 N–H and O–H groups in total. The first-order valence-electron chi connectivity index (χ1n) is 12.6. The number of halogens is 3. The number of carbonyl (C=O) groups excluding carboxylic acids is 3. The number of aromatic nitrogens is 1. The number of fused-ring (bicyclic) bond motifs is 2. The van der Waals surface area contributed by atoms with Crippen LogP contribution in [0.15, 0.2) is 53.2 Å². The van der Waals surface area contributed by atoms with Crippen LogP contribution in [0, 0.1) is 11.7 Å². The fourth-order valence-electron chi connectivity index (χ4n) is 5.67. The minimum atomic E-state index is -0.975. The van der Waals surface area contributed by atoms with Gasteiger partial charge >= 0.3 is 0 Å². The normalized spacial score (nSPS) is 24.4. The standard InChI is InChI=1S/C27H23Cl2FN4O6/c28-15-1-4-21-20(7-15)34(26(37)22-5-6-31-40-22)12-23(39-21)25(36)32-19-11-27(9-14(19)10-27)33-24(35)13-38-16-2-3-17(29)18(30)8-16/h1-8,14,19,23H,9-13H2,(H,32,36)(H,33,35). The van der Waals surface area contributed by atoms with Gasteiger partial charge in [0.1, 0.15) is 17.3 Å². The van der Waals surface area contributed by atoms with Crippen LogP contribution in [0.1, 0.15) is 29.8 Å². The number of ether oxygens (including phenoxy) is 2. The van der Waals surface area contributed by atoms with E-state index in [2.05, 4.69) is 15.8 Å². The van der Waals surface area contributed by atoms with E-state index >= 15 is 0 Å². The van der Waals surface area contributed by atoms with Crippen LogP contribution in [0.2, 0.25) is 10.0 Å². The highest BCUT2D eigenvalue weighted by atomic mass is 35.5. The summed E-state index contributed by atoms with van der Waals surface area (Å²) in [4.78, 5) is 40.4. The van der Waals surface area contributed by atoms with E-state index in [1.165, 1.54) is 29.3 Å². The van der Waals surface area contributed by atoms with Gasteiger partial charge in [0.05, 0.1) is 23.5 Å². The lowest BCUT2D eigenvalue weighted by Gasteiger charge is -2.39. The monoisotopic (exact) mass is 588 g/mol. The molecule has 3 aromatic rings. The second-order valence-electron chi connectivity index (χ2n) is 10.2. The predicted octanol–water partition coefficient (Wildman–Crippen LogP) is 3.76. The molecule has 2 aromatic carbocycles. The molecule has 40 heavy (non-hydrogen) atoms. The number of nitrogens with one attached hydrogen (secondary N) is 2. The fourth-order valence-corrected chi connectivity index (χ4v) is 5.96. The lowest BCUT2D eigenvalue weighted by Crippen LogP contribution is -2.53. The Balaban J connectivity index is 1.07. The first-order chi connectivity index (χ1) is 19.2. The van der Waals surface area contributed by atoms with E-state index in [-0.39, 0.29) is 53.5 Å². The van der Waals surface area contributed by atoms with Crippen LogP contribution in [-0.2, 0) is 9.59 Å². The summed E-state index contributed by atoms with van der Waals surface area (Å²) in [7, 11) is 0. The molecule has 7 rings (SSSR count). The molecule has 0 spiro atoms. The van der Waals surface area contributed by atoms with Gasteiger partial charge in [0.15, 0.2) is 12.7 Å². The van der Waals surface area contributed by atoms with Crippen LogP contribution < -0.4 is 25.0 Å². The highest BCUT2D eigenvalue weighted by Gasteiger charge is 2.57. The first kappa shape index (κ1) is 26.4. The molecule has 0 radical (unpaired) electrons. The Morgan fingerprint density at radius 1 is 1.12 bits per heavy atom. The van der Waals surface area contributed by atoms with Crippen molar-refractivity contribution >= 4 is 46.6 Å². The van der Waals surface area contributed by atoms with Crippen LogP contribution in [-0.4, -0.2) is 53.7 Å². The summed E-state index contributed by atoms with van der Waals surface area (Å²) >= 11 is 11.8. The molecule has 3 fully saturated rings. The lowest BCUT2D eigenvalue weighted by atomic mass is 9.76. The van der Waals surface area contributed by atoms with E-state index in [9.17, 15) is 18.8 Å². The van der Waals surface area contributed by atoms with Gasteiger partial charge < -0.3 is 24.6 Å². The summed E-state index contributed by atoms with van der Waals surface area (Å²) in [5, 5.41) is 10.0. The first-order valence-corrected chi connectivity index (χ1v) is 13.3. The molecule has 2 unspecified atom stereocenters. The van der Waals surface area contributed by atoms with Crippen molar-refractivity contribution in [3.63, 3.8) is 0 Å². The maximum Gasteiger partial charge on any atom is 0.297 e. The summed E-state index contributed by atoms with van der Waals surface area (Å²) in [5.41, 5.74) is -0.0226. The summed E-state index contributed by atoms with van der Waals surface area (Å²) in [5.74, 6) is -1.07. The van der Waals surface area contributed by atoms with Crippen LogP contribution >= 0.6 is 23.2 Å². The van der Waals surface area contributed by atoms with E-state index in [1.54, 1.807) is 18.2 Å². The third kappa shape index (κ3) is 5.06. The Labute approximate surface area is 237 Å². The second kappa shape index (κ2) is 10.3. The van der Waals surface area contributed by atoms with Crippen molar-refractivity contribution < 1.29 is 32.8 Å². The van der Waals surface area contributed by atoms with Crippen LogP contribution in [0.5, 0.6) is 11.5 Å². The van der Waals surface area contributed by atoms with Gasteiger partial charge in [-0.1, -0.05) is 28.4 Å². The van der Waals surface area contributed by atoms with Crippen molar-refractivity contribution in [2.45, 2.75) is 36.9 Å². The van der Waals surface area contributed by atoms with Crippen molar-refractivity contribution in [2.24, 2.45) is 5.92 Å². The third-order valence-electron chi connectivity index (χ3n) is 7.49. The number of rotatable bonds is 7. The Bertz CT molecular complexity index is 1480. The zero-order valence-electron chi connectivity index (χ0n) is 20.9. The van der Waals surface area contributed by atoms with Crippen molar-refractivity contribution in [2.75, 3.05) is 18.1 Å². The number of hydrogen-bond acceptors (Lipinski definition) is 7. The number of anilines is 1. The molecule has 208 valence electrons. The van der Waals surface area contributed by atoms with Gasteiger partial charge in [0.2, 0.25) is 5.76 Å². The Morgan fingerprint density at radius 2 is 1.95 bits per heavy atom. The molecule has 2 bridgehead atoms. The zero-order chi connectivity index (χ0) is 28.0. The van der Waals surface area contributed by atoms with E-state index in [4.69, 9.17) is 37.2 Å². The number of carbonyl (C=O) groups is 3. The second-order valence-corrected chi connectivity index (χ2v) is 11.0. The van der Waals surface area contributed by atoms with Gasteiger partial charge in [-0.3, -0.25) is 19.3 Å². The molecule has 2 heterocycles. The smallest absolute Gasteiger partial charge is 0.297 e. The number of amides is 3. The SMILES string of the molecule is O=C(COc1ccc(Cl)c(F)c1)NC12CC(C1)C(NC(=O)C1CN(C(=O)c3ccno3)c3cc(Cl)ccc3O1)C2. The molecular formula is C27H23Cl2FN4O6. The molecule has 2 atom stereocenters. The zero-order valence-corrected chi connectivity index (χ0v) is 22.4. The highest BCUT2D eigenvalue weighted by molar-refractivity contribution is 6.31. The summed E-state index contributed by atoms with van der Waals surface area (Å²) in [6.07, 6.45) is 2.35. The van der Waals surface area contributed by atoms with Gasteiger partial charge in [0, 0.05) is 28.7 Å². The van der Waals surface area contributed by atoms with E-state index < -0.39 is 23.4 Å². The maximum atomic E-state index is 13.6. The number of benzene rings is 2. The van der Waals surface area contributed by atoms with Crippen LogP contribution in [0.4, 0.5) is 10.1 Å². The molecule has 3 aliphatic carbocycles. The Kier molecular flexibility index (Phi) is 6.79. The van der Waals surface area contributed by atoms with Gasteiger partial charge in [0.25, 0.3) is 17.7 Å². The highest BCUT2D eigenvalue weighted by Crippen LogP contribution is 2.52. The van der Waals surface area contributed by atoms with Crippen molar-refractivity contribution in [3.05, 3.63) is 70.3 Å².